The van der Waals surface area contributed by atoms with Gasteiger partial charge >= 0.3 is 12.1 Å². The third-order valence-electron chi connectivity index (χ3n) is 2.62. The van der Waals surface area contributed by atoms with Crippen LogP contribution in [0.5, 0.6) is 0 Å². The van der Waals surface area contributed by atoms with Crippen LogP contribution in [-0.4, -0.2) is 39.1 Å². The van der Waals surface area contributed by atoms with E-state index in [4.69, 9.17) is 9.84 Å². The van der Waals surface area contributed by atoms with E-state index in [2.05, 4.69) is 5.10 Å². The number of aromatic carboxylic acids is 1. The molecule has 19 heavy (non-hydrogen) atoms. The van der Waals surface area contributed by atoms with Crippen LogP contribution >= 0.6 is 0 Å². The smallest absolute Gasteiger partial charge is 0.415 e. The summed E-state index contributed by atoms with van der Waals surface area (Å²) in [5.41, 5.74) is -0.653. The molecule has 1 amide bonds. The Morgan fingerprint density at radius 2 is 2.05 bits per heavy atom. The molecule has 0 saturated heterocycles. The van der Waals surface area contributed by atoms with Crippen molar-refractivity contribution < 1.29 is 19.4 Å². The standard InChI is InChI=1S/C12H17N3O4/c1-12(2,3)19-11(18)14-5-4-6-15-9(14)7-8(13-15)10(16)17/h7H,4-6H2,1-3H3,(H,16,17). The molecule has 0 unspecified atom stereocenters. The van der Waals surface area contributed by atoms with E-state index >= 15 is 0 Å². The predicted octanol–water partition coefficient (Wildman–Crippen LogP) is 1.73. The van der Waals surface area contributed by atoms with Crippen molar-refractivity contribution in [3.8, 4) is 0 Å². The van der Waals surface area contributed by atoms with Crippen molar-refractivity contribution in [1.82, 2.24) is 9.78 Å². The maximum Gasteiger partial charge on any atom is 0.415 e. The summed E-state index contributed by atoms with van der Waals surface area (Å²) >= 11 is 0. The van der Waals surface area contributed by atoms with Gasteiger partial charge in [-0.25, -0.2) is 14.3 Å². The van der Waals surface area contributed by atoms with Crippen molar-refractivity contribution in [3.05, 3.63) is 11.8 Å². The van der Waals surface area contributed by atoms with Gasteiger partial charge in [0.25, 0.3) is 0 Å². The summed E-state index contributed by atoms with van der Waals surface area (Å²) in [5, 5.41) is 12.9. The highest BCUT2D eigenvalue weighted by atomic mass is 16.6. The number of aryl methyl sites for hydroxylation is 1. The first-order valence-corrected chi connectivity index (χ1v) is 6.09. The zero-order valence-corrected chi connectivity index (χ0v) is 11.2. The van der Waals surface area contributed by atoms with Crippen LogP contribution in [0.4, 0.5) is 10.6 Å². The number of hydrogen-bond donors (Lipinski definition) is 1. The van der Waals surface area contributed by atoms with Crippen LogP contribution in [0.2, 0.25) is 0 Å². The Bertz CT molecular complexity index is 516. The van der Waals surface area contributed by atoms with Crippen molar-refractivity contribution in [3.63, 3.8) is 0 Å². The highest BCUT2D eigenvalue weighted by molar-refractivity contribution is 5.91. The maximum absolute atomic E-state index is 12.1. The fourth-order valence-electron chi connectivity index (χ4n) is 1.89. The number of rotatable bonds is 1. The molecule has 0 saturated carbocycles. The summed E-state index contributed by atoms with van der Waals surface area (Å²) in [6, 6.07) is 1.39. The van der Waals surface area contributed by atoms with Gasteiger partial charge in [-0.1, -0.05) is 0 Å². The molecule has 0 aromatic carbocycles. The van der Waals surface area contributed by atoms with Gasteiger partial charge in [0.2, 0.25) is 0 Å². The summed E-state index contributed by atoms with van der Waals surface area (Å²) in [6.07, 6.45) is 0.234. The second-order valence-corrected chi connectivity index (χ2v) is 5.40. The van der Waals surface area contributed by atoms with Crippen molar-refractivity contribution in [2.75, 3.05) is 11.4 Å². The lowest BCUT2D eigenvalue weighted by Crippen LogP contribution is -2.41. The summed E-state index contributed by atoms with van der Waals surface area (Å²) in [5.74, 6) is -0.635. The molecular weight excluding hydrogens is 250 g/mol. The maximum atomic E-state index is 12.1. The molecule has 2 rings (SSSR count). The van der Waals surface area contributed by atoms with Crippen LogP contribution in [0, 0.1) is 0 Å². The first-order chi connectivity index (χ1) is 8.78. The lowest BCUT2D eigenvalue weighted by Gasteiger charge is -2.30. The number of aromatic nitrogens is 2. The molecule has 0 fully saturated rings. The van der Waals surface area contributed by atoms with Gasteiger partial charge < -0.3 is 9.84 Å². The Kier molecular flexibility index (Phi) is 3.21. The monoisotopic (exact) mass is 267 g/mol. The molecule has 2 heterocycles. The van der Waals surface area contributed by atoms with E-state index in [-0.39, 0.29) is 5.69 Å². The number of carbonyl (C=O) groups excluding carboxylic acids is 1. The quantitative estimate of drug-likeness (QED) is 0.837. The Morgan fingerprint density at radius 3 is 2.63 bits per heavy atom. The van der Waals surface area contributed by atoms with Gasteiger partial charge in [0, 0.05) is 19.2 Å². The first kappa shape index (κ1) is 13.4. The van der Waals surface area contributed by atoms with E-state index in [9.17, 15) is 9.59 Å². The number of ether oxygens (including phenoxy) is 1. The van der Waals surface area contributed by atoms with Crippen LogP contribution in [0.1, 0.15) is 37.7 Å². The van der Waals surface area contributed by atoms with Gasteiger partial charge in [0.1, 0.15) is 11.4 Å². The zero-order chi connectivity index (χ0) is 14.2. The van der Waals surface area contributed by atoms with Crippen molar-refractivity contribution in [2.24, 2.45) is 0 Å². The Morgan fingerprint density at radius 1 is 1.37 bits per heavy atom. The molecule has 1 N–H and O–H groups in total. The SMILES string of the molecule is CC(C)(C)OC(=O)N1CCCn2nc(C(=O)O)cc21. The van der Waals surface area contributed by atoms with E-state index < -0.39 is 17.7 Å². The number of fused-ring (bicyclic) bond motifs is 1. The topological polar surface area (TPSA) is 84.7 Å². The van der Waals surface area contributed by atoms with E-state index in [1.54, 1.807) is 20.8 Å². The number of carboxylic acids is 1. The lowest BCUT2D eigenvalue weighted by atomic mass is 10.2. The third-order valence-corrected chi connectivity index (χ3v) is 2.62. The minimum atomic E-state index is -1.11. The van der Waals surface area contributed by atoms with E-state index in [1.165, 1.54) is 15.6 Å². The number of carbonyl (C=O) groups is 2. The number of nitrogens with zero attached hydrogens (tertiary/aromatic N) is 3. The van der Waals surface area contributed by atoms with Crippen LogP contribution in [0.25, 0.3) is 0 Å². The summed E-state index contributed by atoms with van der Waals surface area (Å²) in [4.78, 5) is 24.4. The van der Waals surface area contributed by atoms with Crippen molar-refractivity contribution >= 4 is 17.9 Å². The molecule has 104 valence electrons. The minimum absolute atomic E-state index is 0.0644. The van der Waals surface area contributed by atoms with Crippen LogP contribution in [-0.2, 0) is 11.3 Å². The molecule has 0 atom stereocenters. The van der Waals surface area contributed by atoms with Gasteiger partial charge in [-0.05, 0) is 27.2 Å². The van der Waals surface area contributed by atoms with Crippen LogP contribution in [0.3, 0.4) is 0 Å². The molecule has 1 aromatic rings. The van der Waals surface area contributed by atoms with Crippen molar-refractivity contribution in [2.45, 2.75) is 39.3 Å². The number of amides is 1. The molecule has 0 aliphatic carbocycles. The molecule has 0 spiro atoms. The average molecular weight is 267 g/mol. The van der Waals surface area contributed by atoms with Crippen LogP contribution in [0.15, 0.2) is 6.07 Å². The van der Waals surface area contributed by atoms with Gasteiger partial charge in [-0.3, -0.25) is 4.90 Å². The Hall–Kier alpha value is -2.05. The minimum Gasteiger partial charge on any atom is -0.476 e. The highest BCUT2D eigenvalue weighted by Gasteiger charge is 2.29. The number of anilines is 1. The normalized spacial score (nSPS) is 15.0. The molecule has 1 aromatic heterocycles. The predicted molar refractivity (Wildman–Crippen MR) is 67.4 cm³/mol. The van der Waals surface area contributed by atoms with Gasteiger partial charge in [-0.2, -0.15) is 5.10 Å². The van der Waals surface area contributed by atoms with Gasteiger partial charge in [0.05, 0.1) is 0 Å². The molecule has 1 aliphatic rings. The highest BCUT2D eigenvalue weighted by Crippen LogP contribution is 2.24. The summed E-state index contributed by atoms with van der Waals surface area (Å²) < 4.78 is 6.83. The van der Waals surface area contributed by atoms with Gasteiger partial charge in [-0.15, -0.1) is 0 Å². The molecular formula is C12H17N3O4. The Balaban J connectivity index is 2.26. The Labute approximate surface area is 110 Å². The zero-order valence-electron chi connectivity index (χ0n) is 11.2. The number of carboxylic acid groups (broad SMARTS) is 1. The fraction of sp³-hybridized carbons (Fsp3) is 0.583. The second-order valence-electron chi connectivity index (χ2n) is 5.40. The fourth-order valence-corrected chi connectivity index (χ4v) is 1.89. The van der Waals surface area contributed by atoms with Gasteiger partial charge in [0.15, 0.2) is 5.69 Å². The van der Waals surface area contributed by atoms with E-state index in [0.29, 0.717) is 25.3 Å². The van der Waals surface area contributed by atoms with Crippen LogP contribution < -0.4 is 4.90 Å². The second kappa shape index (κ2) is 4.56. The molecule has 0 bridgehead atoms. The third kappa shape index (κ3) is 2.86. The largest absolute Gasteiger partial charge is 0.476 e. The molecule has 7 heteroatoms. The van der Waals surface area contributed by atoms with E-state index in [0.717, 1.165) is 0 Å². The number of hydrogen-bond acceptors (Lipinski definition) is 4. The average Bonchev–Trinajstić information content (AvgIpc) is 2.69. The van der Waals surface area contributed by atoms with E-state index in [1.807, 2.05) is 0 Å². The summed E-state index contributed by atoms with van der Waals surface area (Å²) in [7, 11) is 0. The van der Waals surface area contributed by atoms with Crippen molar-refractivity contribution in [1.29, 1.82) is 0 Å². The lowest BCUT2D eigenvalue weighted by molar-refractivity contribution is 0.0572. The molecule has 1 aliphatic heterocycles. The first-order valence-electron chi connectivity index (χ1n) is 6.09. The summed E-state index contributed by atoms with van der Waals surface area (Å²) in [6.45, 7) is 6.46. The molecule has 7 nitrogen and oxygen atoms in total. The molecule has 0 radical (unpaired) electrons.